The molecule has 1 aromatic carbocycles. The maximum atomic E-state index is 6.14. The van der Waals surface area contributed by atoms with Crippen LogP contribution in [0.25, 0.3) is 0 Å². The van der Waals surface area contributed by atoms with Crippen LogP contribution >= 0.6 is 23.2 Å². The highest BCUT2D eigenvalue weighted by molar-refractivity contribution is 6.42. The van der Waals surface area contributed by atoms with Gasteiger partial charge in [0, 0.05) is 37.9 Å². The van der Waals surface area contributed by atoms with E-state index in [0.717, 1.165) is 25.2 Å². The molecule has 3 rings (SSSR count). The lowest BCUT2D eigenvalue weighted by Gasteiger charge is -2.25. The van der Waals surface area contributed by atoms with Crippen molar-refractivity contribution in [3.63, 3.8) is 0 Å². The first-order valence-corrected chi connectivity index (χ1v) is 7.74. The molecule has 1 N–H and O–H groups in total. The molecule has 0 bridgehead atoms. The van der Waals surface area contributed by atoms with Gasteiger partial charge in [0.15, 0.2) is 0 Å². The Morgan fingerprint density at radius 1 is 1.33 bits per heavy atom. The molecule has 112 valence electrons. The van der Waals surface area contributed by atoms with E-state index in [-0.39, 0.29) is 12.0 Å². The molecule has 6 heteroatoms. The number of nitrogens with one attached hydrogen (secondary N) is 1. The quantitative estimate of drug-likeness (QED) is 0.942. The minimum atomic E-state index is -0.0148. The molecule has 21 heavy (non-hydrogen) atoms. The lowest BCUT2D eigenvalue weighted by Crippen LogP contribution is -2.28. The minimum absolute atomic E-state index is 0.0148. The summed E-state index contributed by atoms with van der Waals surface area (Å²) in [6.07, 6.45) is 3.75. The maximum absolute atomic E-state index is 6.14. The number of nitrogens with zero attached hydrogens (tertiary/aromatic N) is 2. The molecule has 0 amide bonds. The van der Waals surface area contributed by atoms with Crippen molar-refractivity contribution < 1.29 is 4.74 Å². The third kappa shape index (κ3) is 3.58. The number of benzene rings is 1. The Kier molecular flexibility index (Phi) is 4.80. The molecule has 0 saturated carbocycles. The highest BCUT2D eigenvalue weighted by atomic mass is 35.5. The molecular weight excluding hydrogens is 309 g/mol. The van der Waals surface area contributed by atoms with E-state index in [4.69, 9.17) is 27.9 Å². The van der Waals surface area contributed by atoms with Gasteiger partial charge in [-0.3, -0.25) is 4.68 Å². The van der Waals surface area contributed by atoms with Crippen molar-refractivity contribution in [1.29, 1.82) is 0 Å². The standard InChI is InChI=1S/C15H17Cl2N3O/c16-13-3-2-11(8-14(13)17)15-12(9-18-5-7-21-15)10-20-6-1-4-19-20/h1-4,6,8,12,15,18H,5,7,9-10H2/t12-,15-/m0/s1. The summed E-state index contributed by atoms with van der Waals surface area (Å²) in [6.45, 7) is 3.21. The maximum Gasteiger partial charge on any atom is 0.0884 e. The molecule has 0 unspecified atom stereocenters. The fraction of sp³-hybridized carbons (Fsp3) is 0.400. The molecule has 2 aromatic rings. The first-order valence-electron chi connectivity index (χ1n) is 6.99. The van der Waals surface area contributed by atoms with Crippen LogP contribution in [-0.2, 0) is 11.3 Å². The van der Waals surface area contributed by atoms with E-state index >= 15 is 0 Å². The van der Waals surface area contributed by atoms with E-state index in [9.17, 15) is 0 Å². The molecule has 1 saturated heterocycles. The second kappa shape index (κ2) is 6.79. The zero-order valence-electron chi connectivity index (χ0n) is 11.5. The van der Waals surface area contributed by atoms with Gasteiger partial charge in [-0.1, -0.05) is 29.3 Å². The third-order valence-corrected chi connectivity index (χ3v) is 4.40. The molecule has 0 spiro atoms. The monoisotopic (exact) mass is 325 g/mol. The minimum Gasteiger partial charge on any atom is -0.372 e. The highest BCUT2D eigenvalue weighted by Gasteiger charge is 2.27. The number of hydrogen-bond donors (Lipinski definition) is 1. The summed E-state index contributed by atoms with van der Waals surface area (Å²) in [5.41, 5.74) is 1.06. The molecule has 0 aliphatic carbocycles. The molecule has 1 aliphatic rings. The predicted octanol–water partition coefficient (Wildman–Crippen LogP) is 3.17. The normalized spacial score (nSPS) is 23.0. The van der Waals surface area contributed by atoms with Crippen molar-refractivity contribution in [2.45, 2.75) is 12.6 Å². The van der Waals surface area contributed by atoms with Gasteiger partial charge in [-0.2, -0.15) is 5.10 Å². The number of halogens is 2. The smallest absolute Gasteiger partial charge is 0.0884 e. The van der Waals surface area contributed by atoms with E-state index in [2.05, 4.69) is 10.4 Å². The average Bonchev–Trinajstić information content (AvgIpc) is 2.87. The Bertz CT molecular complexity index is 589. The summed E-state index contributed by atoms with van der Waals surface area (Å²) in [5.74, 6) is 0.282. The SMILES string of the molecule is Clc1ccc([C@@H]2OCCNC[C@H]2Cn2cccn2)cc1Cl. The number of aromatic nitrogens is 2. The fourth-order valence-electron chi connectivity index (χ4n) is 2.66. The van der Waals surface area contributed by atoms with Gasteiger partial charge in [0.2, 0.25) is 0 Å². The van der Waals surface area contributed by atoms with Gasteiger partial charge < -0.3 is 10.1 Å². The lowest BCUT2D eigenvalue weighted by atomic mass is 9.95. The molecule has 0 radical (unpaired) electrons. The van der Waals surface area contributed by atoms with Crippen molar-refractivity contribution in [2.24, 2.45) is 5.92 Å². The molecular formula is C15H17Cl2N3O. The second-order valence-corrected chi connectivity index (χ2v) is 5.97. The zero-order valence-corrected chi connectivity index (χ0v) is 13.0. The number of rotatable bonds is 3. The van der Waals surface area contributed by atoms with Gasteiger partial charge in [-0.25, -0.2) is 0 Å². The van der Waals surface area contributed by atoms with Crippen molar-refractivity contribution in [1.82, 2.24) is 15.1 Å². The Hall–Kier alpha value is -1.07. The molecule has 2 heterocycles. The first-order chi connectivity index (χ1) is 10.2. The number of hydrogen-bond acceptors (Lipinski definition) is 3. The third-order valence-electron chi connectivity index (χ3n) is 3.66. The largest absolute Gasteiger partial charge is 0.372 e. The molecule has 1 aromatic heterocycles. The highest BCUT2D eigenvalue weighted by Crippen LogP contribution is 2.32. The van der Waals surface area contributed by atoms with Gasteiger partial charge in [-0.05, 0) is 23.8 Å². The van der Waals surface area contributed by atoms with Gasteiger partial charge in [0.05, 0.1) is 22.8 Å². The average molecular weight is 326 g/mol. The zero-order chi connectivity index (χ0) is 14.7. The Morgan fingerprint density at radius 3 is 3.00 bits per heavy atom. The van der Waals surface area contributed by atoms with Crippen molar-refractivity contribution in [2.75, 3.05) is 19.7 Å². The van der Waals surface area contributed by atoms with E-state index < -0.39 is 0 Å². The van der Waals surface area contributed by atoms with Crippen LogP contribution in [0.1, 0.15) is 11.7 Å². The van der Waals surface area contributed by atoms with Crippen LogP contribution in [0.4, 0.5) is 0 Å². The summed E-state index contributed by atoms with van der Waals surface area (Å²) in [6, 6.07) is 7.64. The second-order valence-electron chi connectivity index (χ2n) is 5.16. The summed E-state index contributed by atoms with van der Waals surface area (Å²) >= 11 is 12.1. The van der Waals surface area contributed by atoms with E-state index in [1.54, 1.807) is 6.20 Å². The summed E-state index contributed by atoms with van der Waals surface area (Å²) in [5, 5.41) is 8.83. The summed E-state index contributed by atoms with van der Waals surface area (Å²) < 4.78 is 7.98. The topological polar surface area (TPSA) is 39.1 Å². The predicted molar refractivity (Wildman–Crippen MR) is 83.7 cm³/mol. The fourth-order valence-corrected chi connectivity index (χ4v) is 2.96. The van der Waals surface area contributed by atoms with Gasteiger partial charge in [-0.15, -0.1) is 0 Å². The van der Waals surface area contributed by atoms with Crippen LogP contribution in [0.2, 0.25) is 10.0 Å². The van der Waals surface area contributed by atoms with Crippen LogP contribution in [0, 0.1) is 5.92 Å². The summed E-state index contributed by atoms with van der Waals surface area (Å²) in [7, 11) is 0. The molecule has 2 atom stereocenters. The van der Waals surface area contributed by atoms with E-state index in [0.29, 0.717) is 16.7 Å². The van der Waals surface area contributed by atoms with Crippen LogP contribution in [0.5, 0.6) is 0 Å². The van der Waals surface area contributed by atoms with E-state index in [1.807, 2.05) is 35.1 Å². The van der Waals surface area contributed by atoms with Gasteiger partial charge in [0.1, 0.15) is 0 Å². The van der Waals surface area contributed by atoms with Crippen molar-refractivity contribution >= 4 is 23.2 Å². The van der Waals surface area contributed by atoms with Crippen LogP contribution in [0.15, 0.2) is 36.7 Å². The van der Waals surface area contributed by atoms with Crippen LogP contribution in [-0.4, -0.2) is 29.5 Å². The summed E-state index contributed by atoms with van der Waals surface area (Å²) in [4.78, 5) is 0. The van der Waals surface area contributed by atoms with Crippen LogP contribution < -0.4 is 5.32 Å². The van der Waals surface area contributed by atoms with Gasteiger partial charge in [0.25, 0.3) is 0 Å². The molecule has 1 fully saturated rings. The Morgan fingerprint density at radius 2 is 2.24 bits per heavy atom. The first kappa shape index (κ1) is 14.9. The lowest BCUT2D eigenvalue weighted by molar-refractivity contribution is 0.0243. The molecule has 4 nitrogen and oxygen atoms in total. The number of ether oxygens (including phenoxy) is 1. The van der Waals surface area contributed by atoms with Crippen molar-refractivity contribution in [3.8, 4) is 0 Å². The van der Waals surface area contributed by atoms with Crippen molar-refractivity contribution in [3.05, 3.63) is 52.3 Å². The van der Waals surface area contributed by atoms with Gasteiger partial charge >= 0.3 is 0 Å². The van der Waals surface area contributed by atoms with E-state index in [1.165, 1.54) is 0 Å². The van der Waals surface area contributed by atoms with Crippen LogP contribution in [0.3, 0.4) is 0 Å². The molecule has 1 aliphatic heterocycles. The Labute approximate surface area is 134 Å². The Balaban J connectivity index is 1.85.